The van der Waals surface area contributed by atoms with Crippen molar-refractivity contribution in [3.8, 4) is 10.4 Å². The minimum Gasteiger partial charge on any atom is -0.356 e. The van der Waals surface area contributed by atoms with Crippen molar-refractivity contribution in [2.45, 2.75) is 19.8 Å². The van der Waals surface area contributed by atoms with Crippen molar-refractivity contribution in [3.63, 3.8) is 0 Å². The highest BCUT2D eigenvalue weighted by molar-refractivity contribution is 7.17. The molecule has 132 valence electrons. The Morgan fingerprint density at radius 2 is 1.84 bits per heavy atom. The normalized spacial score (nSPS) is 15.2. The molecule has 0 atom stereocenters. The molecule has 0 bridgehead atoms. The molecule has 1 aliphatic heterocycles. The molecular formula is C19H21ClN2O2S. The summed E-state index contributed by atoms with van der Waals surface area (Å²) in [5, 5.41) is 3.57. The molecule has 4 nitrogen and oxygen atoms in total. The third kappa shape index (κ3) is 4.22. The molecule has 3 rings (SSSR count). The molecule has 0 aliphatic carbocycles. The van der Waals surface area contributed by atoms with Gasteiger partial charge in [-0.2, -0.15) is 0 Å². The second-order valence-corrected chi connectivity index (χ2v) is 7.65. The van der Waals surface area contributed by atoms with Crippen molar-refractivity contribution in [1.82, 2.24) is 10.2 Å². The van der Waals surface area contributed by atoms with Crippen LogP contribution in [0.25, 0.3) is 10.4 Å². The average molecular weight is 377 g/mol. The molecule has 2 heterocycles. The van der Waals surface area contributed by atoms with E-state index in [-0.39, 0.29) is 17.7 Å². The summed E-state index contributed by atoms with van der Waals surface area (Å²) in [6, 6.07) is 11.5. The number of halogens is 1. The van der Waals surface area contributed by atoms with Gasteiger partial charge in [-0.3, -0.25) is 9.59 Å². The Bertz CT molecular complexity index is 749. The highest BCUT2D eigenvalue weighted by atomic mass is 35.5. The highest BCUT2D eigenvalue weighted by Crippen LogP contribution is 2.30. The van der Waals surface area contributed by atoms with Gasteiger partial charge >= 0.3 is 0 Å². The third-order valence-electron chi connectivity index (χ3n) is 4.45. The minimum atomic E-state index is 0.0250. The van der Waals surface area contributed by atoms with E-state index in [4.69, 9.17) is 11.6 Å². The molecular weight excluding hydrogens is 356 g/mol. The van der Waals surface area contributed by atoms with Crippen LogP contribution >= 0.6 is 22.9 Å². The topological polar surface area (TPSA) is 49.4 Å². The number of carbonyl (C=O) groups is 2. The largest absolute Gasteiger partial charge is 0.356 e. The van der Waals surface area contributed by atoms with Gasteiger partial charge in [0.25, 0.3) is 5.91 Å². The van der Waals surface area contributed by atoms with E-state index in [1.165, 1.54) is 11.3 Å². The van der Waals surface area contributed by atoms with Crippen molar-refractivity contribution in [1.29, 1.82) is 0 Å². The van der Waals surface area contributed by atoms with Gasteiger partial charge in [-0.15, -0.1) is 11.3 Å². The Hall–Kier alpha value is -1.85. The molecule has 1 aliphatic rings. The van der Waals surface area contributed by atoms with E-state index in [2.05, 4.69) is 5.32 Å². The number of thiophene rings is 1. The maximum absolute atomic E-state index is 12.7. The quantitative estimate of drug-likeness (QED) is 0.874. The summed E-state index contributed by atoms with van der Waals surface area (Å²) in [6.45, 7) is 3.84. The van der Waals surface area contributed by atoms with E-state index in [1.807, 2.05) is 48.2 Å². The molecule has 6 heteroatoms. The van der Waals surface area contributed by atoms with Crippen LogP contribution in [-0.4, -0.2) is 36.3 Å². The van der Waals surface area contributed by atoms with Crippen LogP contribution in [0.15, 0.2) is 36.4 Å². The first-order valence-electron chi connectivity index (χ1n) is 8.51. The van der Waals surface area contributed by atoms with Crippen LogP contribution in [0.4, 0.5) is 0 Å². The Labute approximate surface area is 156 Å². The Kier molecular flexibility index (Phi) is 5.76. The molecule has 1 aromatic carbocycles. The average Bonchev–Trinajstić information content (AvgIpc) is 3.12. The van der Waals surface area contributed by atoms with Crippen LogP contribution in [0.5, 0.6) is 0 Å². The fourth-order valence-corrected chi connectivity index (χ4v) is 4.15. The highest BCUT2D eigenvalue weighted by Gasteiger charge is 2.28. The predicted molar refractivity (Wildman–Crippen MR) is 102 cm³/mol. The summed E-state index contributed by atoms with van der Waals surface area (Å²) in [5.74, 6) is 0.187. The number of nitrogens with zero attached hydrogens (tertiary/aromatic N) is 1. The summed E-state index contributed by atoms with van der Waals surface area (Å²) in [4.78, 5) is 28.3. The molecule has 1 fully saturated rings. The first kappa shape index (κ1) is 18.0. The Morgan fingerprint density at radius 1 is 1.16 bits per heavy atom. The summed E-state index contributed by atoms with van der Waals surface area (Å²) >= 11 is 7.42. The van der Waals surface area contributed by atoms with Gasteiger partial charge in [0, 0.05) is 35.5 Å². The van der Waals surface area contributed by atoms with Crippen LogP contribution in [0.1, 0.15) is 29.4 Å². The van der Waals surface area contributed by atoms with E-state index >= 15 is 0 Å². The number of hydrogen-bond acceptors (Lipinski definition) is 3. The van der Waals surface area contributed by atoms with Crippen molar-refractivity contribution in [2.24, 2.45) is 5.92 Å². The maximum Gasteiger partial charge on any atom is 0.263 e. The molecule has 25 heavy (non-hydrogen) atoms. The zero-order valence-electron chi connectivity index (χ0n) is 14.1. The van der Waals surface area contributed by atoms with Gasteiger partial charge in [0.1, 0.15) is 0 Å². The molecule has 0 spiro atoms. The number of nitrogens with one attached hydrogen (secondary N) is 1. The van der Waals surface area contributed by atoms with Gasteiger partial charge in [0.05, 0.1) is 4.88 Å². The molecule has 0 unspecified atom stereocenters. The van der Waals surface area contributed by atoms with Crippen LogP contribution in [0.2, 0.25) is 5.02 Å². The number of rotatable bonds is 4. The zero-order valence-corrected chi connectivity index (χ0v) is 15.7. The van der Waals surface area contributed by atoms with Crippen LogP contribution < -0.4 is 5.32 Å². The SMILES string of the molecule is CCNC(=O)C1CCN(C(=O)c2ccc(-c3ccc(Cl)cc3)s2)CC1. The zero-order chi connectivity index (χ0) is 17.8. The molecule has 0 saturated carbocycles. The minimum absolute atomic E-state index is 0.0250. The number of hydrogen-bond donors (Lipinski definition) is 1. The third-order valence-corrected chi connectivity index (χ3v) is 5.82. The smallest absolute Gasteiger partial charge is 0.263 e. The number of piperidine rings is 1. The molecule has 1 saturated heterocycles. The first-order chi connectivity index (χ1) is 12.1. The van der Waals surface area contributed by atoms with E-state index in [0.29, 0.717) is 24.7 Å². The van der Waals surface area contributed by atoms with E-state index in [0.717, 1.165) is 28.2 Å². The number of amides is 2. The van der Waals surface area contributed by atoms with Crippen LogP contribution in [0.3, 0.4) is 0 Å². The van der Waals surface area contributed by atoms with E-state index < -0.39 is 0 Å². The standard InChI is InChI=1S/C19H21ClN2O2S/c1-2-21-18(23)14-9-11-22(12-10-14)19(24)17-8-7-16(25-17)13-3-5-15(20)6-4-13/h3-8,14H,2,9-12H2,1H3,(H,21,23). The summed E-state index contributed by atoms with van der Waals surface area (Å²) in [7, 11) is 0. The van der Waals surface area contributed by atoms with Gasteiger partial charge in [0.2, 0.25) is 5.91 Å². The van der Waals surface area contributed by atoms with Gasteiger partial charge < -0.3 is 10.2 Å². The van der Waals surface area contributed by atoms with Crippen LogP contribution in [-0.2, 0) is 4.79 Å². The summed E-state index contributed by atoms with van der Waals surface area (Å²) in [6.07, 6.45) is 1.46. The lowest BCUT2D eigenvalue weighted by molar-refractivity contribution is -0.126. The fourth-order valence-electron chi connectivity index (χ4n) is 3.04. The Balaban J connectivity index is 1.63. The molecule has 2 amide bonds. The van der Waals surface area contributed by atoms with E-state index in [9.17, 15) is 9.59 Å². The van der Waals surface area contributed by atoms with Gasteiger partial charge in [-0.1, -0.05) is 23.7 Å². The van der Waals surface area contributed by atoms with E-state index in [1.54, 1.807) is 0 Å². The molecule has 1 aromatic heterocycles. The number of carbonyl (C=O) groups excluding carboxylic acids is 2. The van der Waals surface area contributed by atoms with Gasteiger partial charge in [-0.25, -0.2) is 0 Å². The predicted octanol–water partition coefficient (Wildman–Crippen LogP) is 4.06. The second kappa shape index (κ2) is 8.02. The first-order valence-corrected chi connectivity index (χ1v) is 9.70. The van der Waals surface area contributed by atoms with Gasteiger partial charge in [-0.05, 0) is 49.6 Å². The number of benzene rings is 1. The Morgan fingerprint density at radius 3 is 2.48 bits per heavy atom. The lowest BCUT2D eigenvalue weighted by Gasteiger charge is -2.31. The summed E-state index contributed by atoms with van der Waals surface area (Å²) in [5.41, 5.74) is 1.06. The fraction of sp³-hybridized carbons (Fsp3) is 0.368. The second-order valence-electron chi connectivity index (χ2n) is 6.13. The number of likely N-dealkylation sites (tertiary alicyclic amines) is 1. The van der Waals surface area contributed by atoms with Crippen molar-refractivity contribution < 1.29 is 9.59 Å². The van der Waals surface area contributed by atoms with Crippen molar-refractivity contribution in [2.75, 3.05) is 19.6 Å². The van der Waals surface area contributed by atoms with Crippen LogP contribution in [0, 0.1) is 5.92 Å². The lowest BCUT2D eigenvalue weighted by atomic mass is 9.96. The molecule has 2 aromatic rings. The summed E-state index contributed by atoms with van der Waals surface area (Å²) < 4.78 is 0. The molecule has 0 radical (unpaired) electrons. The lowest BCUT2D eigenvalue weighted by Crippen LogP contribution is -2.42. The maximum atomic E-state index is 12.7. The van der Waals surface area contributed by atoms with Gasteiger partial charge in [0.15, 0.2) is 0 Å². The molecule has 1 N–H and O–H groups in total. The van der Waals surface area contributed by atoms with Crippen molar-refractivity contribution in [3.05, 3.63) is 46.3 Å². The monoisotopic (exact) mass is 376 g/mol. The van der Waals surface area contributed by atoms with Crippen molar-refractivity contribution >= 4 is 34.8 Å².